The largest absolute Gasteiger partial charge is 0.346 e. The molecule has 2 saturated carbocycles. The minimum Gasteiger partial charge on any atom is -0.346 e. The normalized spacial score (nSPS) is 20.9. The number of nitrogens with zero attached hydrogens (tertiary/aromatic N) is 4. The van der Waals surface area contributed by atoms with Crippen LogP contribution in [0.4, 0.5) is 26.3 Å². The Morgan fingerprint density at radius 3 is 2.45 bits per heavy atom. The van der Waals surface area contributed by atoms with Crippen LogP contribution >= 0.6 is 11.6 Å². The number of H-pyrrole nitrogens is 1. The van der Waals surface area contributed by atoms with Gasteiger partial charge < -0.3 is 5.32 Å². The highest BCUT2D eigenvalue weighted by Gasteiger charge is 2.71. The van der Waals surface area contributed by atoms with Gasteiger partial charge in [0.25, 0.3) is 18.3 Å². The van der Waals surface area contributed by atoms with Gasteiger partial charge in [-0.3, -0.25) is 19.4 Å². The Morgan fingerprint density at radius 2 is 1.78 bits per heavy atom. The average Bonchev–Trinajstić information content (AvgIpc) is 3.83. The topological polar surface area (TPSA) is 152 Å². The lowest BCUT2D eigenvalue weighted by Crippen LogP contribution is -2.38. The Balaban J connectivity index is 1.19. The third-order valence-corrected chi connectivity index (χ3v) is 13.3. The Kier molecular flexibility index (Phi) is 8.60. The summed E-state index contributed by atoms with van der Waals surface area (Å²) in [6, 6.07) is 7.11. The van der Waals surface area contributed by atoms with Gasteiger partial charge in [0.1, 0.15) is 35.1 Å². The Morgan fingerprint density at radius 1 is 1.07 bits per heavy atom. The molecule has 0 saturated heterocycles. The number of alkyl halides is 4. The van der Waals surface area contributed by atoms with E-state index in [2.05, 4.69) is 30.3 Å². The fourth-order valence-electron chi connectivity index (χ4n) is 7.63. The molecule has 0 bridgehead atoms. The second-order valence-electron chi connectivity index (χ2n) is 14.5. The second-order valence-corrected chi connectivity index (χ2v) is 17.1. The highest BCUT2D eigenvalue weighted by molar-refractivity contribution is 7.91. The van der Waals surface area contributed by atoms with Crippen LogP contribution in [0.3, 0.4) is 0 Å². The van der Waals surface area contributed by atoms with E-state index in [9.17, 15) is 35.6 Å². The lowest BCUT2D eigenvalue weighted by atomic mass is 9.94. The van der Waals surface area contributed by atoms with Crippen molar-refractivity contribution in [1.29, 1.82) is 0 Å². The van der Waals surface area contributed by atoms with Gasteiger partial charge in [0, 0.05) is 29.0 Å². The monoisotopic (exact) mass is 805 g/mol. The molecule has 55 heavy (non-hydrogen) atoms. The Labute approximate surface area is 313 Å². The molecule has 0 radical (unpaired) electrons. The van der Waals surface area contributed by atoms with E-state index >= 15 is 8.78 Å². The molecule has 2 amide bonds. The molecule has 2 fully saturated rings. The van der Waals surface area contributed by atoms with E-state index in [1.807, 2.05) is 0 Å². The number of hydrogen-bond donors (Lipinski definition) is 3. The first-order valence-electron chi connectivity index (χ1n) is 17.1. The summed E-state index contributed by atoms with van der Waals surface area (Å²) in [5, 5.41) is 13.1. The molecule has 19 heteroatoms. The molecule has 4 atom stereocenters. The van der Waals surface area contributed by atoms with Gasteiger partial charge >= 0.3 is 0 Å². The Bertz CT molecular complexity index is 2520. The first-order chi connectivity index (χ1) is 25.9. The molecule has 3 N–H and O–H groups in total. The smallest absolute Gasteiger partial charge is 0.293 e. The van der Waals surface area contributed by atoms with Crippen molar-refractivity contribution < 1.29 is 44.3 Å². The standard InChI is InChI=1S/C36H30ClF6N7O4S/c1-15-27-28-31(33(40)41)48-50(32(28)36(42,43)29(15)27)14-26(51)45-24(9-16-7-18(38)11-19(39)8-16)30-20(12-23-25(46-30)13-44-47-23)17-3-4-22(37)21(10-17)34(52)49-55(53,54)35(2)5-6-35/h3-4,7-8,10-13,15,24,27,29,33H,5-6,9,14H2,1-2H3,(H,44,47)(H,45,51)(H,49,52)/t15-,24+,27-,29?/m1/s1. The van der Waals surface area contributed by atoms with Gasteiger partial charge in [-0.1, -0.05) is 24.6 Å². The van der Waals surface area contributed by atoms with E-state index < -0.39 is 92.3 Å². The van der Waals surface area contributed by atoms with Gasteiger partial charge in [-0.15, -0.1) is 0 Å². The molecule has 11 nitrogen and oxygen atoms in total. The van der Waals surface area contributed by atoms with Crippen LogP contribution in [0.25, 0.3) is 22.2 Å². The lowest BCUT2D eigenvalue weighted by Gasteiger charge is -2.23. The fourth-order valence-corrected chi connectivity index (χ4v) is 9.07. The molecule has 5 aromatic rings. The van der Waals surface area contributed by atoms with Crippen molar-refractivity contribution in [2.75, 3.05) is 0 Å². The van der Waals surface area contributed by atoms with E-state index in [1.54, 1.807) is 13.0 Å². The summed E-state index contributed by atoms with van der Waals surface area (Å²) in [6.07, 6.45) is -1.40. The first kappa shape index (κ1) is 37.0. The number of rotatable bonds is 11. The number of benzene rings is 2. The van der Waals surface area contributed by atoms with Crippen molar-refractivity contribution >= 4 is 44.5 Å². The highest BCUT2D eigenvalue weighted by Crippen LogP contribution is 2.71. The number of hydrogen-bond acceptors (Lipinski definition) is 7. The van der Waals surface area contributed by atoms with Crippen LogP contribution in [-0.4, -0.2) is 49.9 Å². The van der Waals surface area contributed by atoms with Gasteiger partial charge in [0.15, 0.2) is 0 Å². The number of pyridine rings is 1. The van der Waals surface area contributed by atoms with E-state index in [1.165, 1.54) is 31.3 Å². The third-order valence-electron chi connectivity index (χ3n) is 10.8. The van der Waals surface area contributed by atoms with Crippen LogP contribution in [0.2, 0.25) is 5.02 Å². The molecule has 288 valence electrons. The maximum Gasteiger partial charge on any atom is 0.293 e. The molecule has 3 aliphatic rings. The minimum atomic E-state index is -4.06. The van der Waals surface area contributed by atoms with Gasteiger partial charge in [0.05, 0.1) is 38.8 Å². The summed E-state index contributed by atoms with van der Waals surface area (Å²) in [7, 11) is -4.06. The van der Waals surface area contributed by atoms with E-state index in [4.69, 9.17) is 11.6 Å². The van der Waals surface area contributed by atoms with Crippen molar-refractivity contribution in [3.05, 3.63) is 99.1 Å². The van der Waals surface area contributed by atoms with E-state index in [0.29, 0.717) is 29.1 Å². The van der Waals surface area contributed by atoms with E-state index in [-0.39, 0.29) is 50.5 Å². The minimum absolute atomic E-state index is 0.0538. The molecule has 1 unspecified atom stereocenters. The molecule has 3 heterocycles. The summed E-state index contributed by atoms with van der Waals surface area (Å²) < 4.78 is 115. The number of halogens is 7. The van der Waals surface area contributed by atoms with Gasteiger partial charge in [0.2, 0.25) is 15.9 Å². The zero-order chi connectivity index (χ0) is 39.4. The number of aromatic nitrogens is 5. The summed E-state index contributed by atoms with van der Waals surface area (Å²) in [4.78, 5) is 31.8. The quantitative estimate of drug-likeness (QED) is 0.124. The molecule has 0 aliphatic heterocycles. The highest BCUT2D eigenvalue weighted by atomic mass is 35.5. The van der Waals surface area contributed by atoms with Crippen LogP contribution < -0.4 is 10.0 Å². The summed E-state index contributed by atoms with van der Waals surface area (Å²) in [5.74, 6) is -9.91. The predicted octanol–water partition coefficient (Wildman–Crippen LogP) is 6.86. The zero-order valence-corrected chi connectivity index (χ0v) is 30.4. The van der Waals surface area contributed by atoms with Crippen molar-refractivity contribution in [1.82, 2.24) is 35.0 Å². The Hall–Kier alpha value is -4.97. The third kappa shape index (κ3) is 6.32. The predicted molar refractivity (Wildman–Crippen MR) is 186 cm³/mol. The average molecular weight is 806 g/mol. The number of nitrogens with one attached hydrogen (secondary N) is 3. The number of aromatic amines is 1. The molecule has 0 spiro atoms. The number of carbonyl (C=O) groups excluding carboxylic acids is 2. The van der Waals surface area contributed by atoms with Crippen molar-refractivity contribution in [2.24, 2.45) is 11.8 Å². The number of carbonyl (C=O) groups is 2. The number of fused-ring (bicyclic) bond motifs is 4. The summed E-state index contributed by atoms with van der Waals surface area (Å²) in [6.45, 7) is 2.14. The van der Waals surface area contributed by atoms with Crippen LogP contribution in [0.1, 0.15) is 83.6 Å². The van der Waals surface area contributed by atoms with Crippen molar-refractivity contribution in [2.45, 2.75) is 68.7 Å². The molecule has 2 aromatic carbocycles. The lowest BCUT2D eigenvalue weighted by molar-refractivity contribution is -0.123. The SMILES string of the molecule is C[C@H]1C2[C@H]1c1c(C(F)F)nn(CC(=O)N[C@@H](Cc3cc(F)cc(F)c3)c3nc4cn[nH]c4cc3-c3ccc(Cl)c(C(=O)NS(=O)(=O)C4(C)CC4)c3)c1C2(F)F. The van der Waals surface area contributed by atoms with E-state index in [0.717, 1.165) is 12.1 Å². The van der Waals surface area contributed by atoms with Crippen LogP contribution in [-0.2, 0) is 33.7 Å². The van der Waals surface area contributed by atoms with Crippen LogP contribution in [0.5, 0.6) is 0 Å². The number of sulfonamides is 1. The maximum absolute atomic E-state index is 15.5. The summed E-state index contributed by atoms with van der Waals surface area (Å²) >= 11 is 6.38. The maximum atomic E-state index is 15.5. The van der Waals surface area contributed by atoms with Crippen LogP contribution in [0.15, 0.2) is 48.7 Å². The second kappa shape index (κ2) is 12.8. The molecule has 8 rings (SSSR count). The molecule has 3 aliphatic carbocycles. The van der Waals surface area contributed by atoms with Crippen molar-refractivity contribution in [3.8, 4) is 11.1 Å². The van der Waals surface area contributed by atoms with Gasteiger partial charge in [-0.05, 0) is 73.6 Å². The van der Waals surface area contributed by atoms with Gasteiger partial charge in [-0.2, -0.15) is 19.0 Å². The van der Waals surface area contributed by atoms with Gasteiger partial charge in [-0.25, -0.2) is 35.7 Å². The molecular formula is C36H30ClF6N7O4S. The summed E-state index contributed by atoms with van der Waals surface area (Å²) in [5.41, 5.74) is -0.809. The fraction of sp³-hybridized carbons (Fsp3) is 0.361. The molecular weight excluding hydrogens is 776 g/mol. The van der Waals surface area contributed by atoms with Crippen LogP contribution in [0, 0.1) is 23.5 Å². The number of amides is 2. The zero-order valence-electron chi connectivity index (χ0n) is 28.8. The molecule has 3 aromatic heterocycles. The first-order valence-corrected chi connectivity index (χ1v) is 19.0. The van der Waals surface area contributed by atoms with Crippen molar-refractivity contribution in [3.63, 3.8) is 0 Å².